The summed E-state index contributed by atoms with van der Waals surface area (Å²) in [6.45, 7) is 6.71. The van der Waals surface area contributed by atoms with Gasteiger partial charge >= 0.3 is 0 Å². The molecule has 0 spiro atoms. The maximum absolute atomic E-state index is 13.0. The van der Waals surface area contributed by atoms with Crippen LogP contribution in [0.1, 0.15) is 58.7 Å². The van der Waals surface area contributed by atoms with Crippen LogP contribution in [-0.2, 0) is 24.3 Å². The van der Waals surface area contributed by atoms with Crippen LogP contribution in [0.2, 0.25) is 0 Å². The summed E-state index contributed by atoms with van der Waals surface area (Å²) in [6.07, 6.45) is 4.99. The topological polar surface area (TPSA) is 58.6 Å². The molecule has 6 heteroatoms. The summed E-state index contributed by atoms with van der Waals surface area (Å²) in [4.78, 5) is 26.8. The fraction of sp³-hybridized carbons (Fsp3) is 0.522. The van der Waals surface area contributed by atoms with E-state index in [-0.39, 0.29) is 11.8 Å². The Morgan fingerprint density at radius 3 is 2.86 bits per heavy atom. The van der Waals surface area contributed by atoms with E-state index in [0.29, 0.717) is 19.8 Å². The highest BCUT2D eigenvalue weighted by Crippen LogP contribution is 2.27. The van der Waals surface area contributed by atoms with Crippen LogP contribution in [0, 0.1) is 0 Å². The first-order chi connectivity index (χ1) is 14.1. The molecule has 0 N–H and O–H groups in total. The number of carbonyl (C=O) groups is 1. The van der Waals surface area contributed by atoms with E-state index in [1.807, 2.05) is 42.3 Å². The second-order valence-corrected chi connectivity index (χ2v) is 8.11. The normalized spacial score (nSPS) is 19.8. The molecule has 0 radical (unpaired) electrons. The lowest BCUT2D eigenvalue weighted by atomic mass is 9.95. The number of hydrogen-bond acceptors (Lipinski definition) is 5. The van der Waals surface area contributed by atoms with Gasteiger partial charge in [0.25, 0.3) is 5.91 Å². The van der Waals surface area contributed by atoms with E-state index in [4.69, 9.17) is 9.72 Å². The Morgan fingerprint density at radius 1 is 1.24 bits per heavy atom. The van der Waals surface area contributed by atoms with Crippen molar-refractivity contribution in [3.05, 3.63) is 58.7 Å². The van der Waals surface area contributed by atoms with Crippen molar-refractivity contribution in [2.75, 3.05) is 33.3 Å². The van der Waals surface area contributed by atoms with Gasteiger partial charge in [0.2, 0.25) is 0 Å². The van der Waals surface area contributed by atoms with Gasteiger partial charge in [-0.2, -0.15) is 0 Å². The number of amides is 1. The predicted octanol–water partition coefficient (Wildman–Crippen LogP) is 3.02. The van der Waals surface area contributed by atoms with Crippen molar-refractivity contribution in [2.24, 2.45) is 0 Å². The number of hydrogen-bond donors (Lipinski definition) is 0. The number of piperidine rings is 1. The van der Waals surface area contributed by atoms with Gasteiger partial charge < -0.3 is 14.5 Å². The fourth-order valence-electron chi connectivity index (χ4n) is 4.19. The third-order valence-electron chi connectivity index (χ3n) is 5.89. The monoisotopic (exact) mass is 394 g/mol. The number of benzene rings is 1. The largest absolute Gasteiger partial charge is 0.377 e. The summed E-state index contributed by atoms with van der Waals surface area (Å²) in [7, 11) is 2.13. The summed E-state index contributed by atoms with van der Waals surface area (Å²) in [5.41, 5.74) is 4.24. The Hall–Kier alpha value is -2.31. The molecule has 1 unspecified atom stereocenters. The third-order valence-corrected chi connectivity index (χ3v) is 5.89. The number of nitrogens with zero attached hydrogens (tertiary/aromatic N) is 4. The zero-order valence-electron chi connectivity index (χ0n) is 17.4. The molecular formula is C23H30N4O2. The van der Waals surface area contributed by atoms with Gasteiger partial charge in [-0.25, -0.2) is 9.97 Å². The summed E-state index contributed by atoms with van der Waals surface area (Å²) >= 11 is 0. The Labute approximate surface area is 172 Å². The summed E-state index contributed by atoms with van der Waals surface area (Å²) in [5.74, 6) is 1.21. The zero-order chi connectivity index (χ0) is 20.2. The van der Waals surface area contributed by atoms with Crippen LogP contribution in [0.4, 0.5) is 0 Å². The highest BCUT2D eigenvalue weighted by molar-refractivity contribution is 5.94. The quantitative estimate of drug-likeness (QED) is 0.780. The van der Waals surface area contributed by atoms with Gasteiger partial charge in [0.1, 0.15) is 5.82 Å². The minimum Gasteiger partial charge on any atom is -0.377 e. The van der Waals surface area contributed by atoms with Crippen LogP contribution in [0.5, 0.6) is 0 Å². The van der Waals surface area contributed by atoms with Gasteiger partial charge in [0.15, 0.2) is 0 Å². The second-order valence-electron chi connectivity index (χ2n) is 8.11. The molecule has 4 rings (SSSR count). The average molecular weight is 395 g/mol. The van der Waals surface area contributed by atoms with Crippen molar-refractivity contribution in [3.63, 3.8) is 0 Å². The minimum atomic E-state index is 0.0947. The van der Waals surface area contributed by atoms with Crippen molar-refractivity contribution >= 4 is 5.91 Å². The lowest BCUT2D eigenvalue weighted by molar-refractivity contribution is 0.0704. The molecule has 1 aromatic carbocycles. The van der Waals surface area contributed by atoms with Crippen molar-refractivity contribution in [2.45, 2.75) is 45.3 Å². The van der Waals surface area contributed by atoms with E-state index >= 15 is 0 Å². The van der Waals surface area contributed by atoms with Crippen LogP contribution < -0.4 is 0 Å². The smallest absolute Gasteiger partial charge is 0.253 e. The lowest BCUT2D eigenvalue weighted by Crippen LogP contribution is -2.39. The Morgan fingerprint density at radius 2 is 2.07 bits per heavy atom. The first kappa shape index (κ1) is 20.0. The number of likely N-dealkylation sites (N-methyl/N-ethyl adjacent to an activating group) is 1. The maximum atomic E-state index is 13.0. The molecule has 1 aromatic heterocycles. The number of likely N-dealkylation sites (tertiary alicyclic amines) is 1. The number of carbonyl (C=O) groups excluding carboxylic acids is 1. The van der Waals surface area contributed by atoms with Gasteiger partial charge in [0.05, 0.1) is 6.61 Å². The van der Waals surface area contributed by atoms with Crippen LogP contribution in [-0.4, -0.2) is 59.0 Å². The molecule has 1 saturated heterocycles. The molecule has 0 aliphatic carbocycles. The molecule has 154 valence electrons. The Bertz CT molecular complexity index is 852. The van der Waals surface area contributed by atoms with Gasteiger partial charge in [0, 0.05) is 68.1 Å². The second kappa shape index (κ2) is 9.01. The number of aromatic nitrogens is 2. The molecular weight excluding hydrogens is 364 g/mol. The van der Waals surface area contributed by atoms with Gasteiger partial charge in [-0.05, 0) is 44.5 Å². The van der Waals surface area contributed by atoms with Crippen LogP contribution in [0.15, 0.2) is 30.5 Å². The summed E-state index contributed by atoms with van der Waals surface area (Å²) in [6, 6.07) is 7.78. The molecule has 1 atom stereocenters. The lowest BCUT2D eigenvalue weighted by Gasteiger charge is -2.33. The predicted molar refractivity (Wildman–Crippen MR) is 112 cm³/mol. The number of fused-ring (bicyclic) bond motifs is 1. The van der Waals surface area contributed by atoms with E-state index in [2.05, 4.69) is 16.9 Å². The average Bonchev–Trinajstić information content (AvgIpc) is 2.77. The molecule has 3 heterocycles. The molecule has 1 amide bonds. The summed E-state index contributed by atoms with van der Waals surface area (Å²) in [5, 5.41) is 0. The van der Waals surface area contributed by atoms with Crippen molar-refractivity contribution in [1.29, 1.82) is 0 Å². The van der Waals surface area contributed by atoms with E-state index in [9.17, 15) is 4.79 Å². The standard InChI is InChI=1S/C23H30N4O2/c1-3-29-16-17-6-8-18(9-7-17)23(28)27-11-4-5-19(15-27)22-24-13-20-14-26(2)12-10-21(20)25-22/h6-9,13,19H,3-5,10-12,14-16H2,1-2H3. The molecule has 0 bridgehead atoms. The Balaban J connectivity index is 1.43. The Kier molecular flexibility index (Phi) is 6.21. The first-order valence-corrected chi connectivity index (χ1v) is 10.6. The number of ether oxygens (including phenoxy) is 1. The summed E-state index contributed by atoms with van der Waals surface area (Å²) < 4.78 is 5.43. The van der Waals surface area contributed by atoms with E-state index in [0.717, 1.165) is 55.8 Å². The zero-order valence-corrected chi connectivity index (χ0v) is 17.4. The molecule has 29 heavy (non-hydrogen) atoms. The van der Waals surface area contributed by atoms with Gasteiger partial charge in [-0.15, -0.1) is 0 Å². The van der Waals surface area contributed by atoms with Crippen molar-refractivity contribution < 1.29 is 9.53 Å². The molecule has 2 aromatic rings. The van der Waals surface area contributed by atoms with E-state index < -0.39 is 0 Å². The third kappa shape index (κ3) is 4.65. The maximum Gasteiger partial charge on any atom is 0.253 e. The van der Waals surface area contributed by atoms with Crippen LogP contribution >= 0.6 is 0 Å². The molecule has 0 saturated carbocycles. The van der Waals surface area contributed by atoms with E-state index in [1.54, 1.807) is 0 Å². The van der Waals surface area contributed by atoms with E-state index in [1.165, 1.54) is 11.3 Å². The SMILES string of the molecule is CCOCc1ccc(C(=O)N2CCCC(c3ncc4c(n3)CCN(C)C4)C2)cc1. The highest BCUT2D eigenvalue weighted by Gasteiger charge is 2.28. The fourth-order valence-corrected chi connectivity index (χ4v) is 4.19. The van der Waals surface area contributed by atoms with Crippen LogP contribution in [0.3, 0.4) is 0 Å². The molecule has 2 aliphatic rings. The molecule has 2 aliphatic heterocycles. The van der Waals surface area contributed by atoms with Crippen molar-refractivity contribution in [1.82, 2.24) is 19.8 Å². The van der Waals surface area contributed by atoms with Gasteiger partial charge in [-0.1, -0.05) is 12.1 Å². The molecule has 6 nitrogen and oxygen atoms in total. The molecule has 1 fully saturated rings. The highest BCUT2D eigenvalue weighted by atomic mass is 16.5. The van der Waals surface area contributed by atoms with Crippen molar-refractivity contribution in [3.8, 4) is 0 Å². The minimum absolute atomic E-state index is 0.0947. The first-order valence-electron chi connectivity index (χ1n) is 10.6. The van der Waals surface area contributed by atoms with Gasteiger partial charge in [-0.3, -0.25) is 4.79 Å². The number of rotatable bonds is 5. The van der Waals surface area contributed by atoms with Crippen LogP contribution in [0.25, 0.3) is 0 Å².